The van der Waals surface area contributed by atoms with E-state index in [2.05, 4.69) is 14.9 Å². The first-order chi connectivity index (χ1) is 7.70. The van der Waals surface area contributed by atoms with Crippen molar-refractivity contribution >= 4 is 11.7 Å². The Hall–Kier alpha value is -1.63. The van der Waals surface area contributed by atoms with Crippen molar-refractivity contribution in [2.24, 2.45) is 0 Å². The summed E-state index contributed by atoms with van der Waals surface area (Å²) < 4.78 is 9.56. The van der Waals surface area contributed by atoms with Crippen LogP contribution in [0.4, 0.5) is 5.82 Å². The normalized spacial score (nSPS) is 10.4. The number of amides is 1. The largest absolute Gasteiger partial charge is 0.380 e. The highest BCUT2D eigenvalue weighted by Crippen LogP contribution is 2.08. The first-order valence-electron chi connectivity index (χ1n) is 5.15. The van der Waals surface area contributed by atoms with E-state index in [1.807, 2.05) is 13.8 Å². The van der Waals surface area contributed by atoms with Crippen molar-refractivity contribution in [3.05, 3.63) is 5.69 Å². The van der Waals surface area contributed by atoms with Crippen molar-refractivity contribution < 1.29 is 14.2 Å². The number of anilines is 1. The van der Waals surface area contributed by atoms with Crippen LogP contribution < -0.4 is 5.73 Å². The number of carbonyl (C=O) groups is 1. The minimum absolute atomic E-state index is 0.0138. The van der Waals surface area contributed by atoms with E-state index in [1.54, 1.807) is 4.90 Å². The summed E-state index contributed by atoms with van der Waals surface area (Å²) in [6, 6.07) is 0. The third kappa shape index (κ3) is 2.93. The molecule has 1 aromatic rings. The Balaban J connectivity index is 2.59. The second-order valence-electron chi connectivity index (χ2n) is 3.08. The second kappa shape index (κ2) is 6.06. The molecule has 7 nitrogen and oxygen atoms in total. The summed E-state index contributed by atoms with van der Waals surface area (Å²) >= 11 is 0. The van der Waals surface area contributed by atoms with E-state index in [0.717, 1.165) is 0 Å². The summed E-state index contributed by atoms with van der Waals surface area (Å²) in [7, 11) is 0. The average Bonchev–Trinajstić information content (AvgIpc) is 2.70. The number of hydrogen-bond donors (Lipinski definition) is 1. The fourth-order valence-electron chi connectivity index (χ4n) is 1.22. The fourth-order valence-corrected chi connectivity index (χ4v) is 1.22. The third-order valence-corrected chi connectivity index (χ3v) is 2.10. The lowest BCUT2D eigenvalue weighted by Crippen LogP contribution is -2.34. The van der Waals surface area contributed by atoms with Gasteiger partial charge in [0.25, 0.3) is 5.91 Å². The highest BCUT2D eigenvalue weighted by molar-refractivity contribution is 5.96. The zero-order chi connectivity index (χ0) is 12.0. The summed E-state index contributed by atoms with van der Waals surface area (Å²) in [5.74, 6) is -0.277. The maximum atomic E-state index is 11.9. The number of likely N-dealkylation sites (N-methyl/N-ethyl adjacent to an activating group) is 1. The van der Waals surface area contributed by atoms with Crippen LogP contribution in [0.1, 0.15) is 24.3 Å². The Bertz CT molecular complexity index is 339. The minimum atomic E-state index is -0.291. The van der Waals surface area contributed by atoms with Gasteiger partial charge in [0, 0.05) is 19.7 Å². The van der Waals surface area contributed by atoms with E-state index in [0.29, 0.717) is 26.3 Å². The molecule has 0 aliphatic carbocycles. The number of rotatable bonds is 6. The first kappa shape index (κ1) is 12.4. The van der Waals surface area contributed by atoms with Crippen LogP contribution in [0.2, 0.25) is 0 Å². The summed E-state index contributed by atoms with van der Waals surface area (Å²) in [6.45, 7) is 5.93. The number of ether oxygens (including phenoxy) is 1. The van der Waals surface area contributed by atoms with E-state index >= 15 is 0 Å². The van der Waals surface area contributed by atoms with Crippen molar-refractivity contribution in [3.63, 3.8) is 0 Å². The number of hydrogen-bond acceptors (Lipinski definition) is 6. The van der Waals surface area contributed by atoms with Crippen LogP contribution >= 0.6 is 0 Å². The molecule has 0 spiro atoms. The molecule has 0 aliphatic heterocycles. The molecule has 7 heteroatoms. The second-order valence-corrected chi connectivity index (χ2v) is 3.08. The maximum absolute atomic E-state index is 11.9. The molecule has 0 aliphatic rings. The Morgan fingerprint density at radius 1 is 1.50 bits per heavy atom. The van der Waals surface area contributed by atoms with Crippen molar-refractivity contribution in [2.45, 2.75) is 13.8 Å². The number of nitrogens with zero attached hydrogens (tertiary/aromatic N) is 3. The Kier molecular flexibility index (Phi) is 4.71. The van der Waals surface area contributed by atoms with Crippen LogP contribution in [0.5, 0.6) is 0 Å². The van der Waals surface area contributed by atoms with Crippen LogP contribution in [0.25, 0.3) is 0 Å². The smallest absolute Gasteiger partial charge is 0.280 e. The molecular formula is C9H16N4O3. The molecule has 0 aromatic carbocycles. The van der Waals surface area contributed by atoms with E-state index in [9.17, 15) is 4.79 Å². The van der Waals surface area contributed by atoms with Crippen LogP contribution in [-0.4, -0.2) is 47.4 Å². The fraction of sp³-hybridized carbons (Fsp3) is 0.667. The Morgan fingerprint density at radius 2 is 2.25 bits per heavy atom. The number of nitrogen functional groups attached to an aromatic ring is 1. The van der Waals surface area contributed by atoms with Gasteiger partial charge in [-0.3, -0.25) is 4.79 Å². The van der Waals surface area contributed by atoms with Crippen molar-refractivity contribution in [3.8, 4) is 0 Å². The van der Waals surface area contributed by atoms with Crippen molar-refractivity contribution in [1.82, 2.24) is 15.2 Å². The lowest BCUT2D eigenvalue weighted by molar-refractivity contribution is 0.0660. The highest BCUT2D eigenvalue weighted by atomic mass is 16.6. The number of nitrogens with two attached hydrogens (primary N) is 1. The van der Waals surface area contributed by atoms with Crippen molar-refractivity contribution in [2.75, 3.05) is 32.0 Å². The standard InChI is InChI=1S/C9H16N4O3/c1-3-13(5-6-15-4-2)9(14)7-8(10)12-16-11-7/h3-6H2,1-2H3,(H2,10,12). The molecule has 2 N–H and O–H groups in total. The third-order valence-electron chi connectivity index (χ3n) is 2.10. The van der Waals surface area contributed by atoms with Gasteiger partial charge in [-0.25, -0.2) is 4.63 Å². The lowest BCUT2D eigenvalue weighted by atomic mass is 10.3. The minimum Gasteiger partial charge on any atom is -0.380 e. The molecule has 0 bridgehead atoms. The van der Waals surface area contributed by atoms with E-state index in [1.165, 1.54) is 0 Å². The predicted octanol–water partition coefficient (Wildman–Crippen LogP) is 0.150. The van der Waals surface area contributed by atoms with E-state index in [-0.39, 0.29) is 17.4 Å². The van der Waals surface area contributed by atoms with Gasteiger partial charge in [0.05, 0.1) is 6.61 Å². The average molecular weight is 228 g/mol. The predicted molar refractivity (Wildman–Crippen MR) is 56.8 cm³/mol. The molecule has 1 rings (SSSR count). The molecule has 16 heavy (non-hydrogen) atoms. The SMILES string of the molecule is CCOCCN(CC)C(=O)c1nonc1N. The molecule has 0 saturated heterocycles. The van der Waals surface area contributed by atoms with Gasteiger partial charge in [0.1, 0.15) is 0 Å². The maximum Gasteiger partial charge on any atom is 0.280 e. The highest BCUT2D eigenvalue weighted by Gasteiger charge is 2.21. The lowest BCUT2D eigenvalue weighted by Gasteiger charge is -2.19. The van der Waals surface area contributed by atoms with Gasteiger partial charge >= 0.3 is 0 Å². The Morgan fingerprint density at radius 3 is 2.75 bits per heavy atom. The van der Waals surface area contributed by atoms with E-state index in [4.69, 9.17) is 10.5 Å². The monoisotopic (exact) mass is 228 g/mol. The van der Waals surface area contributed by atoms with Gasteiger partial charge in [-0.2, -0.15) is 0 Å². The van der Waals surface area contributed by atoms with Crippen LogP contribution in [0, 0.1) is 0 Å². The van der Waals surface area contributed by atoms with Gasteiger partial charge in [-0.1, -0.05) is 0 Å². The Labute approximate surface area is 93.5 Å². The number of carbonyl (C=O) groups excluding carboxylic acids is 1. The number of aromatic nitrogens is 2. The van der Waals surface area contributed by atoms with Gasteiger partial charge in [-0.15, -0.1) is 0 Å². The van der Waals surface area contributed by atoms with E-state index < -0.39 is 0 Å². The summed E-state index contributed by atoms with van der Waals surface area (Å²) in [6.07, 6.45) is 0. The molecule has 0 unspecified atom stereocenters. The van der Waals surface area contributed by atoms with Crippen LogP contribution in [0.15, 0.2) is 4.63 Å². The van der Waals surface area contributed by atoms with Crippen LogP contribution in [-0.2, 0) is 4.74 Å². The summed E-state index contributed by atoms with van der Waals surface area (Å²) in [4.78, 5) is 13.5. The van der Waals surface area contributed by atoms with Gasteiger partial charge in [0.15, 0.2) is 0 Å². The van der Waals surface area contributed by atoms with Crippen molar-refractivity contribution in [1.29, 1.82) is 0 Å². The molecule has 0 radical (unpaired) electrons. The molecule has 1 heterocycles. The molecular weight excluding hydrogens is 212 g/mol. The zero-order valence-electron chi connectivity index (χ0n) is 9.47. The zero-order valence-corrected chi connectivity index (χ0v) is 9.47. The van der Waals surface area contributed by atoms with Gasteiger partial charge < -0.3 is 15.4 Å². The summed E-state index contributed by atoms with van der Waals surface area (Å²) in [5.41, 5.74) is 5.50. The quantitative estimate of drug-likeness (QED) is 0.696. The molecule has 1 aromatic heterocycles. The van der Waals surface area contributed by atoms with Crippen LogP contribution in [0.3, 0.4) is 0 Å². The summed E-state index contributed by atoms with van der Waals surface area (Å²) in [5, 5.41) is 6.83. The molecule has 0 atom stereocenters. The molecule has 1 amide bonds. The molecule has 0 fully saturated rings. The first-order valence-corrected chi connectivity index (χ1v) is 5.15. The van der Waals surface area contributed by atoms with Gasteiger partial charge in [0.2, 0.25) is 11.5 Å². The topological polar surface area (TPSA) is 94.5 Å². The molecule has 90 valence electrons. The molecule has 0 saturated carbocycles. The van der Waals surface area contributed by atoms with Gasteiger partial charge in [-0.05, 0) is 24.2 Å².